The monoisotopic (exact) mass is 331 g/mol. The van der Waals surface area contributed by atoms with Crippen molar-refractivity contribution in [1.29, 1.82) is 0 Å². The molecule has 1 saturated heterocycles. The first-order valence-electron chi connectivity index (χ1n) is 8.17. The van der Waals surface area contributed by atoms with Gasteiger partial charge in [0.2, 0.25) is 0 Å². The van der Waals surface area contributed by atoms with Gasteiger partial charge in [-0.15, -0.1) is 0 Å². The maximum atomic E-state index is 11.9. The van der Waals surface area contributed by atoms with Crippen LogP contribution in [0.4, 0.5) is 16.2 Å². The maximum absolute atomic E-state index is 11.9. The third-order valence-corrected chi connectivity index (χ3v) is 4.83. The molecule has 7 heteroatoms. The molecule has 2 aliphatic rings. The number of carboxylic acid groups (broad SMARTS) is 1. The van der Waals surface area contributed by atoms with E-state index in [1.54, 1.807) is 6.07 Å². The Kier molecular flexibility index (Phi) is 4.42. The summed E-state index contributed by atoms with van der Waals surface area (Å²) in [5.74, 6) is -1.23. The first kappa shape index (κ1) is 16.3. The summed E-state index contributed by atoms with van der Waals surface area (Å²) in [5.41, 5.74) is 2.29. The van der Waals surface area contributed by atoms with E-state index in [1.807, 2.05) is 19.1 Å². The molecule has 3 N–H and O–H groups in total. The molecule has 0 radical (unpaired) electrons. The highest BCUT2D eigenvalue weighted by Crippen LogP contribution is 2.31. The molecule has 1 aliphatic heterocycles. The lowest BCUT2D eigenvalue weighted by Gasteiger charge is -2.29. The van der Waals surface area contributed by atoms with E-state index >= 15 is 0 Å². The number of carbonyl (C=O) groups is 3. The van der Waals surface area contributed by atoms with Crippen molar-refractivity contribution >= 4 is 29.3 Å². The van der Waals surface area contributed by atoms with Crippen LogP contribution in [-0.2, 0) is 9.59 Å². The van der Waals surface area contributed by atoms with Gasteiger partial charge in [-0.2, -0.15) is 0 Å². The number of carbonyl (C=O) groups excluding carboxylic acids is 2. The number of aliphatic carboxylic acids is 1. The maximum Gasteiger partial charge on any atom is 0.329 e. The van der Waals surface area contributed by atoms with Gasteiger partial charge in [-0.3, -0.25) is 9.59 Å². The average molecular weight is 331 g/mol. The summed E-state index contributed by atoms with van der Waals surface area (Å²) in [7, 11) is 0. The Hall–Kier alpha value is -2.57. The van der Waals surface area contributed by atoms with Crippen LogP contribution in [0.1, 0.15) is 31.2 Å². The molecular weight excluding hydrogens is 310 g/mol. The molecule has 1 aromatic carbocycles. The van der Waals surface area contributed by atoms with Gasteiger partial charge in [-0.1, -0.05) is 6.07 Å². The van der Waals surface area contributed by atoms with Gasteiger partial charge in [0, 0.05) is 11.7 Å². The van der Waals surface area contributed by atoms with Crippen molar-refractivity contribution in [2.75, 3.05) is 16.8 Å². The van der Waals surface area contributed by atoms with Crippen molar-refractivity contribution in [2.45, 2.75) is 38.6 Å². The number of rotatable bonds is 4. The minimum absolute atomic E-state index is 0.0229. The first-order chi connectivity index (χ1) is 11.5. The highest BCUT2D eigenvalue weighted by Gasteiger charge is 2.32. The van der Waals surface area contributed by atoms with E-state index in [0.29, 0.717) is 18.5 Å². The zero-order valence-electron chi connectivity index (χ0n) is 13.5. The molecule has 7 nitrogen and oxygen atoms in total. The summed E-state index contributed by atoms with van der Waals surface area (Å²) in [6.45, 7) is 1.90. The SMILES string of the molecule is Cc1c(NC2CCC(C(=O)O)CC2)cccc1N1C(=O)CNC1=O. The number of anilines is 2. The molecule has 0 bridgehead atoms. The molecule has 0 aromatic heterocycles. The van der Waals surface area contributed by atoms with Crippen molar-refractivity contribution in [3.05, 3.63) is 23.8 Å². The number of hydrogen-bond donors (Lipinski definition) is 3. The lowest BCUT2D eigenvalue weighted by Crippen LogP contribution is -2.32. The van der Waals surface area contributed by atoms with Crippen LogP contribution in [0, 0.1) is 12.8 Å². The van der Waals surface area contributed by atoms with Crippen molar-refractivity contribution in [3.8, 4) is 0 Å². The van der Waals surface area contributed by atoms with Gasteiger partial charge in [0.05, 0.1) is 18.2 Å². The highest BCUT2D eigenvalue weighted by atomic mass is 16.4. The summed E-state index contributed by atoms with van der Waals surface area (Å²) in [5, 5.41) is 15.0. The number of urea groups is 1. The Morgan fingerprint density at radius 2 is 1.96 bits per heavy atom. The second kappa shape index (κ2) is 6.51. The van der Waals surface area contributed by atoms with Crippen LogP contribution in [0.15, 0.2) is 18.2 Å². The predicted molar refractivity (Wildman–Crippen MR) is 89.1 cm³/mol. The highest BCUT2D eigenvalue weighted by molar-refractivity contribution is 6.20. The second-order valence-corrected chi connectivity index (χ2v) is 6.37. The zero-order chi connectivity index (χ0) is 17.3. The van der Waals surface area contributed by atoms with E-state index in [-0.39, 0.29) is 24.4 Å². The lowest BCUT2D eigenvalue weighted by molar-refractivity contribution is -0.142. The number of hydrogen-bond acceptors (Lipinski definition) is 4. The molecule has 24 heavy (non-hydrogen) atoms. The molecular formula is C17H21N3O4. The molecule has 128 valence electrons. The summed E-state index contributed by atoms with van der Waals surface area (Å²) in [6, 6.07) is 5.29. The van der Waals surface area contributed by atoms with Crippen molar-refractivity contribution in [3.63, 3.8) is 0 Å². The number of amides is 3. The molecule has 1 saturated carbocycles. The van der Waals surface area contributed by atoms with Gasteiger partial charge in [0.15, 0.2) is 0 Å². The lowest BCUT2D eigenvalue weighted by atomic mass is 9.86. The number of nitrogens with zero attached hydrogens (tertiary/aromatic N) is 1. The minimum atomic E-state index is -0.717. The fraction of sp³-hybridized carbons (Fsp3) is 0.471. The van der Waals surface area contributed by atoms with Gasteiger partial charge < -0.3 is 15.7 Å². The van der Waals surface area contributed by atoms with Crippen LogP contribution in [0.25, 0.3) is 0 Å². The number of carboxylic acids is 1. The Morgan fingerprint density at radius 3 is 2.54 bits per heavy atom. The summed E-state index contributed by atoms with van der Waals surface area (Å²) < 4.78 is 0. The van der Waals surface area contributed by atoms with Crippen LogP contribution in [0.3, 0.4) is 0 Å². The van der Waals surface area contributed by atoms with Gasteiger partial charge >= 0.3 is 12.0 Å². The molecule has 1 aliphatic carbocycles. The van der Waals surface area contributed by atoms with E-state index in [9.17, 15) is 14.4 Å². The third-order valence-electron chi connectivity index (χ3n) is 4.83. The summed E-state index contributed by atoms with van der Waals surface area (Å²) in [4.78, 5) is 36.0. The smallest absolute Gasteiger partial charge is 0.329 e. The van der Waals surface area contributed by atoms with Crippen LogP contribution >= 0.6 is 0 Å². The van der Waals surface area contributed by atoms with E-state index in [0.717, 1.165) is 24.1 Å². The zero-order valence-corrected chi connectivity index (χ0v) is 13.5. The number of nitrogens with one attached hydrogen (secondary N) is 2. The van der Waals surface area contributed by atoms with Crippen LogP contribution < -0.4 is 15.5 Å². The molecule has 3 amide bonds. The number of imide groups is 1. The summed E-state index contributed by atoms with van der Waals surface area (Å²) >= 11 is 0. The molecule has 1 heterocycles. The van der Waals surface area contributed by atoms with Crippen LogP contribution in [0.5, 0.6) is 0 Å². The number of benzene rings is 1. The normalized spacial score (nSPS) is 24.0. The van der Waals surface area contributed by atoms with Crippen molar-refractivity contribution < 1.29 is 19.5 Å². The fourth-order valence-electron chi connectivity index (χ4n) is 3.39. The minimum Gasteiger partial charge on any atom is -0.481 e. The first-order valence-corrected chi connectivity index (χ1v) is 8.17. The van der Waals surface area contributed by atoms with Gasteiger partial charge in [-0.05, 0) is 50.3 Å². The van der Waals surface area contributed by atoms with E-state index in [2.05, 4.69) is 10.6 Å². The van der Waals surface area contributed by atoms with Gasteiger partial charge in [-0.25, -0.2) is 9.69 Å². The molecule has 1 aromatic rings. The second-order valence-electron chi connectivity index (χ2n) is 6.37. The quantitative estimate of drug-likeness (QED) is 0.734. The van der Waals surface area contributed by atoms with E-state index < -0.39 is 12.0 Å². The largest absolute Gasteiger partial charge is 0.481 e. The van der Waals surface area contributed by atoms with E-state index in [4.69, 9.17) is 5.11 Å². The van der Waals surface area contributed by atoms with Crippen LogP contribution in [0.2, 0.25) is 0 Å². The van der Waals surface area contributed by atoms with Crippen molar-refractivity contribution in [2.24, 2.45) is 5.92 Å². The van der Waals surface area contributed by atoms with Crippen molar-refractivity contribution in [1.82, 2.24) is 5.32 Å². The molecule has 2 fully saturated rings. The fourth-order valence-corrected chi connectivity index (χ4v) is 3.39. The van der Waals surface area contributed by atoms with E-state index in [1.165, 1.54) is 4.90 Å². The van der Waals surface area contributed by atoms with Crippen LogP contribution in [-0.4, -0.2) is 35.6 Å². The molecule has 0 atom stereocenters. The summed E-state index contributed by atoms with van der Waals surface area (Å²) in [6.07, 6.45) is 2.92. The standard InChI is InChI=1S/C17H21N3O4/c1-10-13(19-12-7-5-11(6-8-12)16(22)23)3-2-4-14(10)20-15(21)9-18-17(20)24/h2-4,11-12,19H,5-9H2,1H3,(H,18,24)(H,22,23). The Labute approximate surface area is 140 Å². The third kappa shape index (κ3) is 3.06. The Morgan fingerprint density at radius 1 is 1.25 bits per heavy atom. The van der Waals surface area contributed by atoms with Gasteiger partial charge in [0.25, 0.3) is 5.91 Å². The van der Waals surface area contributed by atoms with Gasteiger partial charge in [0.1, 0.15) is 0 Å². The molecule has 0 spiro atoms. The topological polar surface area (TPSA) is 98.7 Å². The predicted octanol–water partition coefficient (Wildman–Crippen LogP) is 2.11. The molecule has 3 rings (SSSR count). The Bertz CT molecular complexity index is 664. The Balaban J connectivity index is 1.74. The molecule has 0 unspecified atom stereocenters. The average Bonchev–Trinajstić information content (AvgIpc) is 2.89.